The first-order chi connectivity index (χ1) is 4.93. The molecule has 0 saturated heterocycles. The van der Waals surface area contributed by atoms with Crippen LogP contribution in [0.5, 0.6) is 0 Å². The molecule has 1 aromatic carbocycles. The van der Waals surface area contributed by atoms with Crippen molar-refractivity contribution in [3.8, 4) is 0 Å². The first-order valence-electron chi connectivity index (χ1n) is 3.06. The lowest BCUT2D eigenvalue weighted by molar-refractivity contribution is 1.08. The van der Waals surface area contributed by atoms with Gasteiger partial charge in [-0.1, -0.05) is 41.9 Å². The van der Waals surface area contributed by atoms with Crippen molar-refractivity contribution < 1.29 is 0 Å². The first kappa shape index (κ1) is 7.29. The van der Waals surface area contributed by atoms with Gasteiger partial charge in [0.15, 0.2) is 0 Å². The Bertz CT molecular complexity index is 206. The highest BCUT2D eigenvalue weighted by atomic mass is 35.5. The predicted molar refractivity (Wildman–Crippen MR) is 44.5 cm³/mol. The molecule has 1 aromatic rings. The highest BCUT2D eigenvalue weighted by Gasteiger charge is 1.84. The Hall–Kier alpha value is -0.820. The Labute approximate surface area is 65.4 Å². The zero-order valence-corrected chi connectivity index (χ0v) is 6.25. The highest BCUT2D eigenvalue weighted by Crippen LogP contribution is 1.99. The summed E-state index contributed by atoms with van der Waals surface area (Å²) >= 11 is 5.26. The van der Waals surface area contributed by atoms with E-state index >= 15 is 0 Å². The average molecular weight is 154 g/mol. The Morgan fingerprint density at radius 1 is 1.30 bits per heavy atom. The number of halogens is 1. The molecule has 0 spiro atoms. The molecule has 0 radical (unpaired) electrons. The maximum absolute atomic E-state index is 5.26. The third-order valence-electron chi connectivity index (χ3n) is 1.19. The second-order valence-corrected chi connectivity index (χ2v) is 2.12. The molecular formula is C8H8ClN. The number of hydrogen-bond acceptors (Lipinski definition) is 1. The van der Waals surface area contributed by atoms with Gasteiger partial charge in [0.25, 0.3) is 0 Å². The third-order valence-corrected chi connectivity index (χ3v) is 1.32. The van der Waals surface area contributed by atoms with E-state index < -0.39 is 0 Å². The zero-order chi connectivity index (χ0) is 7.23. The molecule has 0 fully saturated rings. The second-order valence-electron chi connectivity index (χ2n) is 1.92. The number of rotatable bonds is 2. The summed E-state index contributed by atoms with van der Waals surface area (Å²) in [6.07, 6.45) is 0. The Kier molecular flexibility index (Phi) is 2.97. The van der Waals surface area contributed by atoms with E-state index in [2.05, 4.69) is 4.99 Å². The van der Waals surface area contributed by atoms with Crippen molar-refractivity contribution in [3.63, 3.8) is 0 Å². The molecular weight excluding hydrogens is 146 g/mol. The highest BCUT2D eigenvalue weighted by molar-refractivity contribution is 6.56. The van der Waals surface area contributed by atoms with Gasteiger partial charge in [-0.3, -0.25) is 4.99 Å². The van der Waals surface area contributed by atoms with Gasteiger partial charge >= 0.3 is 0 Å². The summed E-state index contributed by atoms with van der Waals surface area (Å²) in [6, 6.07) is 9.99. The normalized spacial score (nSPS) is 10.5. The summed E-state index contributed by atoms with van der Waals surface area (Å²) in [5.41, 5.74) is 2.48. The molecule has 2 heteroatoms. The lowest BCUT2D eigenvalue weighted by Gasteiger charge is -1.91. The van der Waals surface area contributed by atoms with Gasteiger partial charge in [0.2, 0.25) is 0 Å². The van der Waals surface area contributed by atoms with Crippen molar-refractivity contribution in [1.82, 2.24) is 0 Å². The third kappa shape index (κ3) is 2.19. The monoisotopic (exact) mass is 153 g/mol. The maximum atomic E-state index is 5.26. The van der Waals surface area contributed by atoms with E-state index in [0.29, 0.717) is 6.54 Å². The largest absolute Gasteiger partial charge is 0.276 e. The number of hydrogen-bond donors (Lipinski definition) is 0. The lowest BCUT2D eigenvalue weighted by Crippen LogP contribution is -1.77. The molecule has 0 aliphatic carbocycles. The second kappa shape index (κ2) is 4.07. The summed E-state index contributed by atoms with van der Waals surface area (Å²) in [5, 5.41) is 0. The standard InChI is InChI=1S/C8H8ClN/c9-7-10-6-8-4-2-1-3-5-8/h1-5,7H,6H2. The fraction of sp³-hybridized carbons (Fsp3) is 0.125. The molecule has 0 N–H and O–H groups in total. The molecule has 0 bridgehead atoms. The quantitative estimate of drug-likeness (QED) is 0.579. The molecule has 52 valence electrons. The predicted octanol–water partition coefficient (Wildman–Crippen LogP) is 2.45. The minimum Gasteiger partial charge on any atom is -0.276 e. The van der Waals surface area contributed by atoms with Gasteiger partial charge in [-0.25, -0.2) is 0 Å². The summed E-state index contributed by atoms with van der Waals surface area (Å²) in [7, 11) is 0. The van der Waals surface area contributed by atoms with E-state index in [1.807, 2.05) is 30.3 Å². The Balaban J connectivity index is 2.59. The molecule has 1 rings (SSSR count). The Morgan fingerprint density at radius 3 is 2.60 bits per heavy atom. The van der Waals surface area contributed by atoms with Gasteiger partial charge < -0.3 is 0 Å². The van der Waals surface area contributed by atoms with Crippen molar-refractivity contribution >= 4 is 17.3 Å². The van der Waals surface area contributed by atoms with Crippen LogP contribution in [-0.4, -0.2) is 5.67 Å². The molecule has 0 unspecified atom stereocenters. The molecule has 0 saturated carbocycles. The number of benzene rings is 1. The van der Waals surface area contributed by atoms with Crippen molar-refractivity contribution in [2.45, 2.75) is 6.54 Å². The van der Waals surface area contributed by atoms with Crippen LogP contribution in [0, 0.1) is 0 Å². The van der Waals surface area contributed by atoms with E-state index in [1.165, 1.54) is 11.2 Å². The molecule has 1 nitrogen and oxygen atoms in total. The van der Waals surface area contributed by atoms with E-state index in [9.17, 15) is 0 Å². The molecule has 0 aliphatic rings. The van der Waals surface area contributed by atoms with E-state index in [0.717, 1.165) is 0 Å². The van der Waals surface area contributed by atoms with Crippen LogP contribution < -0.4 is 0 Å². The van der Waals surface area contributed by atoms with Crippen LogP contribution in [0.4, 0.5) is 0 Å². The molecule has 0 amide bonds. The molecule has 0 heterocycles. The fourth-order valence-corrected chi connectivity index (χ4v) is 0.792. The SMILES string of the molecule is ClC=NCc1ccccc1. The van der Waals surface area contributed by atoms with Crippen LogP contribution in [0.2, 0.25) is 0 Å². The minimum absolute atomic E-state index is 0.671. The van der Waals surface area contributed by atoms with Crippen LogP contribution >= 0.6 is 11.6 Å². The van der Waals surface area contributed by atoms with Gasteiger partial charge in [0, 0.05) is 0 Å². The summed E-state index contributed by atoms with van der Waals surface area (Å²) < 4.78 is 0. The molecule has 10 heavy (non-hydrogen) atoms. The van der Waals surface area contributed by atoms with Gasteiger partial charge in [0.05, 0.1) is 12.2 Å². The van der Waals surface area contributed by atoms with Gasteiger partial charge in [-0.05, 0) is 5.56 Å². The molecule has 0 aromatic heterocycles. The van der Waals surface area contributed by atoms with Crippen LogP contribution in [0.1, 0.15) is 5.56 Å². The van der Waals surface area contributed by atoms with Crippen molar-refractivity contribution in [2.75, 3.05) is 0 Å². The van der Waals surface area contributed by atoms with E-state index in [-0.39, 0.29) is 0 Å². The first-order valence-corrected chi connectivity index (χ1v) is 3.49. The van der Waals surface area contributed by atoms with Gasteiger partial charge in [0.1, 0.15) is 0 Å². The van der Waals surface area contributed by atoms with Gasteiger partial charge in [-0.15, -0.1) is 0 Å². The summed E-state index contributed by atoms with van der Waals surface area (Å²) in [4.78, 5) is 3.88. The van der Waals surface area contributed by atoms with E-state index in [1.54, 1.807) is 0 Å². The van der Waals surface area contributed by atoms with Crippen molar-refractivity contribution in [3.05, 3.63) is 35.9 Å². The zero-order valence-electron chi connectivity index (χ0n) is 5.50. The van der Waals surface area contributed by atoms with Crippen LogP contribution in [0.25, 0.3) is 0 Å². The van der Waals surface area contributed by atoms with Crippen LogP contribution in [-0.2, 0) is 6.54 Å². The lowest BCUT2D eigenvalue weighted by atomic mass is 10.2. The topological polar surface area (TPSA) is 12.4 Å². The average Bonchev–Trinajstić information content (AvgIpc) is 2.03. The van der Waals surface area contributed by atoms with Crippen LogP contribution in [0.15, 0.2) is 35.3 Å². The van der Waals surface area contributed by atoms with Gasteiger partial charge in [-0.2, -0.15) is 0 Å². The molecule has 0 atom stereocenters. The minimum atomic E-state index is 0.671. The number of nitrogens with zero attached hydrogens (tertiary/aromatic N) is 1. The summed E-state index contributed by atoms with van der Waals surface area (Å²) in [6.45, 7) is 0.671. The fourth-order valence-electron chi connectivity index (χ4n) is 0.723. The number of aliphatic imine (C=N–C) groups is 1. The molecule has 0 aliphatic heterocycles. The smallest absolute Gasteiger partial charge is 0.0875 e. The van der Waals surface area contributed by atoms with E-state index in [4.69, 9.17) is 11.6 Å². The van der Waals surface area contributed by atoms with Crippen molar-refractivity contribution in [2.24, 2.45) is 4.99 Å². The van der Waals surface area contributed by atoms with Crippen molar-refractivity contribution in [1.29, 1.82) is 0 Å². The summed E-state index contributed by atoms with van der Waals surface area (Å²) in [5.74, 6) is 0. The van der Waals surface area contributed by atoms with Crippen LogP contribution in [0.3, 0.4) is 0 Å². The maximum Gasteiger partial charge on any atom is 0.0875 e. The Morgan fingerprint density at radius 2 is 2.00 bits per heavy atom.